The van der Waals surface area contributed by atoms with Gasteiger partial charge in [0.15, 0.2) is 0 Å². The van der Waals surface area contributed by atoms with Gasteiger partial charge in [0, 0.05) is 11.3 Å². The van der Waals surface area contributed by atoms with E-state index >= 15 is 0 Å². The van der Waals surface area contributed by atoms with Gasteiger partial charge >= 0.3 is 0 Å². The molecule has 1 saturated heterocycles. The van der Waals surface area contributed by atoms with Gasteiger partial charge in [-0.05, 0) is 61.5 Å². The zero-order valence-electron chi connectivity index (χ0n) is 19.6. The number of carbonyl (C=O) groups excluding carboxylic acids is 1. The molecule has 1 fully saturated rings. The number of fused-ring (bicyclic) bond motifs is 3. The van der Waals surface area contributed by atoms with Crippen molar-refractivity contribution in [2.45, 2.75) is 37.5 Å². The largest absolute Gasteiger partial charge is 0.393 e. The summed E-state index contributed by atoms with van der Waals surface area (Å²) >= 11 is 0. The summed E-state index contributed by atoms with van der Waals surface area (Å²) < 4.78 is 27.5. The monoisotopic (exact) mass is 494 g/mol. The van der Waals surface area contributed by atoms with Crippen LogP contribution in [0.25, 0.3) is 11.3 Å². The van der Waals surface area contributed by atoms with E-state index in [2.05, 4.69) is 31.3 Å². The second kappa shape index (κ2) is 9.56. The molecule has 2 N–H and O–H groups in total. The van der Waals surface area contributed by atoms with E-state index in [0.29, 0.717) is 25.2 Å². The number of piperidine rings is 1. The molecule has 0 aliphatic carbocycles. The van der Waals surface area contributed by atoms with Gasteiger partial charge in [0.1, 0.15) is 6.29 Å². The molecule has 0 saturated carbocycles. The molecule has 3 aromatic rings. The molecule has 0 spiro atoms. The number of aromatic nitrogens is 2. The number of aliphatic hydroxyl groups excluding tert-OH is 1. The quantitative estimate of drug-likeness (QED) is 0.466. The van der Waals surface area contributed by atoms with Crippen LogP contribution in [0.2, 0.25) is 0 Å². The standard InChI is InChI=1S/C26H30N4O4S/c1-35(33,34)28-20-8-6-18(7-9-20)25(16-31)29-12-10-19(11-13-29)26(32)14-23-21-4-2-3-5-22(21)24-15-27-17-30(23)24/h2-9,15-17,19,23,25-26,28,32H,10-14H2,1H3. The minimum atomic E-state index is -3.35. The van der Waals surface area contributed by atoms with Crippen molar-refractivity contribution in [3.8, 4) is 11.3 Å². The Kier molecular flexibility index (Phi) is 6.48. The van der Waals surface area contributed by atoms with Crippen LogP contribution in [0.1, 0.15) is 42.5 Å². The van der Waals surface area contributed by atoms with Gasteiger partial charge in [0.2, 0.25) is 10.0 Å². The Morgan fingerprint density at radius 2 is 1.86 bits per heavy atom. The SMILES string of the molecule is CS(=O)(=O)Nc1ccc(C(C=O)N2CCC(C(O)CC3c4ccccc4-c4cncn43)CC2)cc1. The zero-order valence-corrected chi connectivity index (χ0v) is 20.4. The van der Waals surface area contributed by atoms with E-state index < -0.39 is 22.2 Å². The molecule has 2 aliphatic heterocycles. The number of hydrogen-bond acceptors (Lipinski definition) is 6. The van der Waals surface area contributed by atoms with Crippen LogP contribution in [0.5, 0.6) is 0 Å². The molecular weight excluding hydrogens is 464 g/mol. The third kappa shape index (κ3) is 4.89. The molecule has 0 amide bonds. The first-order valence-electron chi connectivity index (χ1n) is 11.9. The molecule has 5 rings (SSSR count). The van der Waals surface area contributed by atoms with Gasteiger partial charge in [-0.1, -0.05) is 36.4 Å². The highest BCUT2D eigenvalue weighted by atomic mass is 32.2. The van der Waals surface area contributed by atoms with Crippen LogP contribution in [0, 0.1) is 5.92 Å². The van der Waals surface area contributed by atoms with E-state index in [1.807, 2.05) is 24.7 Å². The molecule has 0 bridgehead atoms. The van der Waals surface area contributed by atoms with E-state index in [0.717, 1.165) is 36.6 Å². The molecule has 3 heterocycles. The molecule has 1 aromatic heterocycles. The second-order valence-corrected chi connectivity index (χ2v) is 11.3. The van der Waals surface area contributed by atoms with Crippen molar-refractivity contribution in [1.29, 1.82) is 0 Å². The predicted octanol–water partition coefficient (Wildman–Crippen LogP) is 3.23. The Morgan fingerprint density at radius 3 is 2.54 bits per heavy atom. The summed E-state index contributed by atoms with van der Waals surface area (Å²) in [4.78, 5) is 18.4. The molecule has 3 unspecified atom stereocenters. The zero-order chi connectivity index (χ0) is 24.6. The number of hydrogen-bond donors (Lipinski definition) is 2. The number of anilines is 1. The average molecular weight is 495 g/mol. The van der Waals surface area contributed by atoms with Gasteiger partial charge in [0.25, 0.3) is 0 Å². The van der Waals surface area contributed by atoms with Crippen LogP contribution >= 0.6 is 0 Å². The number of nitrogens with one attached hydrogen (secondary N) is 1. The van der Waals surface area contributed by atoms with Crippen LogP contribution in [-0.2, 0) is 14.8 Å². The number of likely N-dealkylation sites (tertiary alicyclic amines) is 1. The first-order valence-corrected chi connectivity index (χ1v) is 13.8. The molecular formula is C26H30N4O4S. The van der Waals surface area contributed by atoms with E-state index in [9.17, 15) is 18.3 Å². The van der Waals surface area contributed by atoms with Crippen LogP contribution in [0.3, 0.4) is 0 Å². The molecule has 8 nitrogen and oxygen atoms in total. The molecule has 2 aromatic carbocycles. The number of carbonyl (C=O) groups is 1. The molecule has 35 heavy (non-hydrogen) atoms. The first-order chi connectivity index (χ1) is 16.8. The summed E-state index contributed by atoms with van der Waals surface area (Å²) in [6.07, 6.45) is 7.58. The number of nitrogens with zero attached hydrogens (tertiary/aromatic N) is 3. The number of aliphatic hydroxyl groups is 1. The van der Waals surface area contributed by atoms with Crippen molar-refractivity contribution < 1.29 is 18.3 Å². The van der Waals surface area contributed by atoms with Crippen LogP contribution < -0.4 is 4.72 Å². The van der Waals surface area contributed by atoms with Crippen molar-refractivity contribution in [3.63, 3.8) is 0 Å². The van der Waals surface area contributed by atoms with Gasteiger partial charge in [-0.25, -0.2) is 13.4 Å². The van der Waals surface area contributed by atoms with Gasteiger partial charge in [-0.15, -0.1) is 0 Å². The Labute approximate surface area is 205 Å². The number of sulfonamides is 1. The topological polar surface area (TPSA) is 105 Å². The average Bonchev–Trinajstić information content (AvgIpc) is 3.43. The highest BCUT2D eigenvalue weighted by Crippen LogP contribution is 2.42. The lowest BCUT2D eigenvalue weighted by Crippen LogP contribution is -2.40. The lowest BCUT2D eigenvalue weighted by molar-refractivity contribution is -0.113. The lowest BCUT2D eigenvalue weighted by atomic mass is 9.85. The first kappa shape index (κ1) is 23.7. The molecule has 184 valence electrons. The van der Waals surface area contributed by atoms with Gasteiger partial charge in [0.05, 0.1) is 42.7 Å². The summed E-state index contributed by atoms with van der Waals surface area (Å²) in [5, 5.41) is 11.2. The maximum absolute atomic E-state index is 12.0. The van der Waals surface area contributed by atoms with Crippen molar-refractivity contribution in [3.05, 3.63) is 72.2 Å². The maximum atomic E-state index is 12.0. The van der Waals surface area contributed by atoms with Gasteiger partial charge < -0.3 is 14.5 Å². The highest BCUT2D eigenvalue weighted by molar-refractivity contribution is 7.92. The molecule has 3 atom stereocenters. The summed E-state index contributed by atoms with van der Waals surface area (Å²) in [5.41, 5.74) is 4.81. The Hall–Kier alpha value is -3.01. The third-order valence-corrected chi connectivity index (χ3v) is 7.86. The number of rotatable bonds is 8. The maximum Gasteiger partial charge on any atom is 0.229 e. The van der Waals surface area contributed by atoms with Crippen molar-refractivity contribution in [2.24, 2.45) is 5.92 Å². The van der Waals surface area contributed by atoms with E-state index in [1.165, 1.54) is 11.1 Å². The summed E-state index contributed by atoms with van der Waals surface area (Å²) in [5.74, 6) is 0.166. The summed E-state index contributed by atoms with van der Waals surface area (Å²) in [6.45, 7) is 1.43. The highest BCUT2D eigenvalue weighted by Gasteiger charge is 2.34. The molecule has 2 aliphatic rings. The Bertz CT molecular complexity index is 1300. The fraction of sp³-hybridized carbons (Fsp3) is 0.385. The fourth-order valence-corrected chi connectivity index (χ4v) is 6.08. The van der Waals surface area contributed by atoms with Crippen LogP contribution in [0.15, 0.2) is 61.1 Å². The van der Waals surface area contributed by atoms with Crippen molar-refractivity contribution in [1.82, 2.24) is 14.5 Å². The Balaban J connectivity index is 1.21. The lowest BCUT2D eigenvalue weighted by Gasteiger charge is -2.37. The normalized spacial score (nSPS) is 20.1. The third-order valence-electron chi connectivity index (χ3n) is 7.26. The van der Waals surface area contributed by atoms with Crippen molar-refractivity contribution >= 4 is 22.0 Å². The number of imidazole rings is 1. The fourth-order valence-electron chi connectivity index (χ4n) is 5.51. The van der Waals surface area contributed by atoms with Crippen LogP contribution in [0.4, 0.5) is 5.69 Å². The minimum absolute atomic E-state index is 0.0820. The number of aldehydes is 1. The summed E-state index contributed by atoms with van der Waals surface area (Å²) in [7, 11) is -3.35. The van der Waals surface area contributed by atoms with E-state index in [4.69, 9.17) is 0 Å². The molecule has 0 radical (unpaired) electrons. The van der Waals surface area contributed by atoms with E-state index in [1.54, 1.807) is 24.3 Å². The van der Waals surface area contributed by atoms with Crippen LogP contribution in [-0.4, -0.2) is 59.7 Å². The number of benzene rings is 2. The second-order valence-electron chi connectivity index (χ2n) is 9.54. The Morgan fingerprint density at radius 1 is 1.14 bits per heavy atom. The van der Waals surface area contributed by atoms with Gasteiger partial charge in [-0.3, -0.25) is 9.62 Å². The predicted molar refractivity (Wildman–Crippen MR) is 134 cm³/mol. The molecule has 9 heteroatoms. The van der Waals surface area contributed by atoms with E-state index in [-0.39, 0.29) is 12.0 Å². The smallest absolute Gasteiger partial charge is 0.229 e. The van der Waals surface area contributed by atoms with Gasteiger partial charge in [-0.2, -0.15) is 0 Å². The minimum Gasteiger partial charge on any atom is -0.393 e. The van der Waals surface area contributed by atoms with Crippen molar-refractivity contribution in [2.75, 3.05) is 24.1 Å². The summed E-state index contributed by atoms with van der Waals surface area (Å²) in [6, 6.07) is 14.9.